The highest BCUT2D eigenvalue weighted by Gasteiger charge is 2.34. The highest BCUT2D eigenvalue weighted by molar-refractivity contribution is 5.75. The van der Waals surface area contributed by atoms with Gasteiger partial charge in [0.05, 0.1) is 29.8 Å². The number of urea groups is 1. The molecule has 0 spiro atoms. The van der Waals surface area contributed by atoms with E-state index in [0.717, 1.165) is 76.9 Å². The Balaban J connectivity index is 1.07. The molecule has 0 radical (unpaired) electrons. The average Bonchev–Trinajstić information content (AvgIpc) is 3.50. The van der Waals surface area contributed by atoms with Crippen LogP contribution < -0.4 is 16.3 Å². The topological polar surface area (TPSA) is 121 Å². The van der Waals surface area contributed by atoms with Gasteiger partial charge in [-0.05, 0) is 71.8 Å². The first-order chi connectivity index (χ1) is 24.5. The zero-order valence-electron chi connectivity index (χ0n) is 28.4. The predicted molar refractivity (Wildman–Crippen MR) is 193 cm³/mol. The molecule has 7 rings (SSSR count). The third-order valence-electron chi connectivity index (χ3n) is 9.83. The monoisotopic (exact) mass is 675 g/mol. The van der Waals surface area contributed by atoms with Crippen molar-refractivity contribution in [2.45, 2.75) is 63.9 Å². The number of aliphatic hydroxyl groups is 1. The van der Waals surface area contributed by atoms with E-state index < -0.39 is 6.29 Å². The Hall–Kier alpha value is -4.74. The summed E-state index contributed by atoms with van der Waals surface area (Å²) in [6, 6.07) is 32.3. The number of para-hydroxylation sites is 2. The number of nitrogens with zero attached hydrogens (tertiary/aromatic N) is 2. The van der Waals surface area contributed by atoms with Crippen LogP contribution in [0.5, 0.6) is 0 Å². The van der Waals surface area contributed by atoms with Gasteiger partial charge in [0.2, 0.25) is 0 Å². The van der Waals surface area contributed by atoms with Gasteiger partial charge in [-0.2, -0.15) is 0 Å². The lowest BCUT2D eigenvalue weighted by Gasteiger charge is -2.40. The van der Waals surface area contributed by atoms with Gasteiger partial charge in [0, 0.05) is 50.7 Å². The summed E-state index contributed by atoms with van der Waals surface area (Å²) in [6.07, 6.45) is 1.66. The molecule has 4 aromatic carbocycles. The number of carbonyl (C=O) groups excluding carboxylic acids is 1. The van der Waals surface area contributed by atoms with Crippen LogP contribution >= 0.6 is 0 Å². The van der Waals surface area contributed by atoms with E-state index in [-0.39, 0.29) is 36.6 Å². The molecule has 260 valence electrons. The summed E-state index contributed by atoms with van der Waals surface area (Å²) in [4.78, 5) is 30.3. The molecule has 2 aliphatic rings. The summed E-state index contributed by atoms with van der Waals surface area (Å²) in [6.45, 7) is 5.41. The fourth-order valence-electron chi connectivity index (χ4n) is 7.25. The predicted octanol–water partition coefficient (Wildman–Crippen LogP) is 6.19. The van der Waals surface area contributed by atoms with Gasteiger partial charge in [0.25, 0.3) is 0 Å². The number of aromatic amines is 1. The number of rotatable bonds is 10. The van der Waals surface area contributed by atoms with Crippen molar-refractivity contribution in [3.8, 4) is 11.1 Å². The number of carbonyl (C=O) groups is 1. The first-order valence-electron chi connectivity index (χ1n) is 17.6. The van der Waals surface area contributed by atoms with Crippen LogP contribution in [0.15, 0.2) is 102 Å². The number of benzene rings is 4. The fraction of sp³-hybridized carbons (Fsp3) is 0.350. The second-order valence-corrected chi connectivity index (χ2v) is 13.2. The summed E-state index contributed by atoms with van der Waals surface area (Å²) >= 11 is 0. The minimum atomic E-state index is -0.568. The molecular weight excluding hydrogens is 630 g/mol. The van der Waals surface area contributed by atoms with Crippen LogP contribution in [0.25, 0.3) is 22.2 Å². The third kappa shape index (κ3) is 7.69. The molecule has 5 aromatic rings. The second kappa shape index (κ2) is 15.4. The maximum absolute atomic E-state index is 12.9. The van der Waals surface area contributed by atoms with E-state index in [0.29, 0.717) is 19.5 Å². The van der Waals surface area contributed by atoms with E-state index in [2.05, 4.69) is 44.8 Å². The lowest BCUT2D eigenvalue weighted by molar-refractivity contribution is -0.253. The molecule has 10 nitrogen and oxygen atoms in total. The third-order valence-corrected chi connectivity index (χ3v) is 9.83. The van der Waals surface area contributed by atoms with E-state index in [4.69, 9.17) is 9.47 Å². The maximum atomic E-state index is 12.9. The molecule has 2 aliphatic heterocycles. The van der Waals surface area contributed by atoms with Gasteiger partial charge in [0.1, 0.15) is 0 Å². The summed E-state index contributed by atoms with van der Waals surface area (Å²) in [5.74, 6) is 0. The number of aliphatic hydroxyl groups excluding tert-OH is 1. The quantitative estimate of drug-likeness (QED) is 0.140. The summed E-state index contributed by atoms with van der Waals surface area (Å²) in [7, 11) is 0. The molecule has 0 aliphatic carbocycles. The zero-order valence-corrected chi connectivity index (χ0v) is 28.4. The van der Waals surface area contributed by atoms with Crippen LogP contribution in [0.3, 0.4) is 0 Å². The molecule has 0 bridgehead atoms. The molecule has 2 amide bonds. The van der Waals surface area contributed by atoms with E-state index in [9.17, 15) is 14.7 Å². The van der Waals surface area contributed by atoms with E-state index in [1.165, 1.54) is 0 Å². The van der Waals surface area contributed by atoms with Crippen molar-refractivity contribution < 1.29 is 19.4 Å². The molecule has 3 heterocycles. The Morgan fingerprint density at radius 1 is 0.860 bits per heavy atom. The van der Waals surface area contributed by atoms with Gasteiger partial charge in [-0.25, -0.2) is 9.59 Å². The molecule has 3 atom stereocenters. The smallest absolute Gasteiger partial charge is 0.326 e. The number of amides is 2. The number of ether oxygens (including phenoxy) is 2. The van der Waals surface area contributed by atoms with Crippen LogP contribution in [0.4, 0.5) is 4.79 Å². The molecule has 50 heavy (non-hydrogen) atoms. The number of imidazole rings is 1. The highest BCUT2D eigenvalue weighted by atomic mass is 16.7. The summed E-state index contributed by atoms with van der Waals surface area (Å²) in [5, 5.41) is 15.3. The van der Waals surface area contributed by atoms with Gasteiger partial charge in [-0.1, -0.05) is 72.8 Å². The first-order valence-corrected chi connectivity index (χ1v) is 17.6. The zero-order chi connectivity index (χ0) is 34.5. The van der Waals surface area contributed by atoms with Crippen LogP contribution in [0, 0.1) is 0 Å². The Morgan fingerprint density at radius 2 is 1.62 bits per heavy atom. The van der Waals surface area contributed by atoms with Gasteiger partial charge in [-0.3, -0.25) is 4.57 Å². The summed E-state index contributed by atoms with van der Waals surface area (Å²) < 4.78 is 15.3. The first kappa shape index (κ1) is 33.7. The fourth-order valence-corrected chi connectivity index (χ4v) is 7.25. The van der Waals surface area contributed by atoms with E-state index >= 15 is 0 Å². The average molecular weight is 676 g/mol. The second-order valence-electron chi connectivity index (χ2n) is 13.2. The number of hydrogen-bond acceptors (Lipinski definition) is 6. The van der Waals surface area contributed by atoms with Crippen LogP contribution in [0.1, 0.15) is 66.9 Å². The lowest BCUT2D eigenvalue weighted by atomic mass is 9.97. The number of hydrogen-bond donors (Lipinski definition) is 4. The van der Waals surface area contributed by atoms with Crippen LogP contribution in [-0.4, -0.2) is 57.9 Å². The number of piperidine rings is 1. The minimum absolute atomic E-state index is 0.00319. The number of fused-ring (bicyclic) bond motifs is 1. The SMILES string of the molecule is CCNC(=O)NCc1cccc(-c2cccc([C@@H]3O[C@H](CN4CCC(n5c(=O)[nH]c6ccccc65)CC4)C[C@H](c4ccc(CO)cc4)O3)c2)c1. The van der Waals surface area contributed by atoms with Gasteiger partial charge in [0.15, 0.2) is 6.29 Å². The molecule has 10 heteroatoms. The standard InChI is InChI=1S/C40H45N5O5/c1-2-41-39(47)42-24-28-7-5-8-30(21-28)31-9-6-10-32(22-31)38-49-34(23-37(50-38)29-15-13-27(26-46)14-16-29)25-44-19-17-33(18-20-44)45-36-12-4-3-11-35(36)43-40(45)48/h3-16,21-22,33-34,37-38,46H,2,17-20,23-26H2,1H3,(H,43,48)(H2,41,42,47)/t34-,37+,38+/m0/s1. The largest absolute Gasteiger partial charge is 0.392 e. The van der Waals surface area contributed by atoms with Crippen molar-refractivity contribution >= 4 is 17.1 Å². The molecule has 1 aromatic heterocycles. The molecule has 0 saturated carbocycles. The van der Waals surface area contributed by atoms with Crippen molar-refractivity contribution in [2.75, 3.05) is 26.2 Å². The normalized spacial score (nSPS) is 20.2. The van der Waals surface area contributed by atoms with Crippen molar-refractivity contribution in [2.24, 2.45) is 0 Å². The van der Waals surface area contributed by atoms with Crippen LogP contribution in [0.2, 0.25) is 0 Å². The highest BCUT2D eigenvalue weighted by Crippen LogP contribution is 2.39. The Labute approximate surface area is 292 Å². The number of likely N-dealkylation sites (tertiary alicyclic amines) is 1. The number of nitrogens with one attached hydrogen (secondary N) is 3. The molecule has 2 saturated heterocycles. The van der Waals surface area contributed by atoms with Crippen molar-refractivity contribution in [3.63, 3.8) is 0 Å². The van der Waals surface area contributed by atoms with Crippen molar-refractivity contribution in [3.05, 3.63) is 130 Å². The van der Waals surface area contributed by atoms with Gasteiger partial charge in [-0.15, -0.1) is 0 Å². The molecule has 0 unspecified atom stereocenters. The van der Waals surface area contributed by atoms with Gasteiger partial charge >= 0.3 is 11.7 Å². The Kier molecular flexibility index (Phi) is 10.4. The number of H-pyrrole nitrogens is 1. The lowest BCUT2D eigenvalue weighted by Crippen LogP contribution is -2.43. The Bertz CT molecular complexity index is 1960. The van der Waals surface area contributed by atoms with Crippen molar-refractivity contribution in [1.29, 1.82) is 0 Å². The maximum Gasteiger partial charge on any atom is 0.326 e. The van der Waals surface area contributed by atoms with E-state index in [1.807, 2.05) is 84.3 Å². The Morgan fingerprint density at radius 3 is 2.40 bits per heavy atom. The molecule has 4 N–H and O–H groups in total. The molecule has 2 fully saturated rings. The number of aromatic nitrogens is 2. The van der Waals surface area contributed by atoms with Gasteiger partial charge < -0.3 is 35.1 Å². The summed E-state index contributed by atoms with van der Waals surface area (Å²) in [5.41, 5.74) is 7.75. The van der Waals surface area contributed by atoms with E-state index in [1.54, 1.807) is 0 Å². The molecular formula is C40H45N5O5. The minimum Gasteiger partial charge on any atom is -0.392 e. The van der Waals surface area contributed by atoms with Crippen molar-refractivity contribution in [1.82, 2.24) is 25.1 Å². The van der Waals surface area contributed by atoms with Crippen LogP contribution in [-0.2, 0) is 22.6 Å².